The van der Waals surface area contributed by atoms with Crippen molar-refractivity contribution in [2.75, 3.05) is 6.54 Å². The smallest absolute Gasteiger partial charge is 0.341 e. The highest BCUT2D eigenvalue weighted by Gasteiger charge is 2.26. The molecule has 0 atom stereocenters. The standard InChI is InChI=1S/C17H13F2NO3S/c18-17(19)24(22,23)15-10-8-14(9-11-15)16(21)20-12-4-7-13-5-2-1-3-6-13/h1-3,5-6,8-11,17H,12H2,(H,20,21). The fourth-order valence-electron chi connectivity index (χ4n) is 1.79. The fraction of sp³-hybridized carbons (Fsp3) is 0.118. The summed E-state index contributed by atoms with van der Waals surface area (Å²) in [4.78, 5) is 11.3. The molecule has 2 aromatic rings. The summed E-state index contributed by atoms with van der Waals surface area (Å²) in [6.45, 7) is 0.102. The lowest BCUT2D eigenvalue weighted by atomic mass is 10.2. The zero-order valence-electron chi connectivity index (χ0n) is 12.4. The molecular formula is C17H13F2NO3S. The SMILES string of the molecule is O=C(NCC#Cc1ccccc1)c1ccc(S(=O)(=O)C(F)F)cc1. The number of sulfone groups is 1. The van der Waals surface area contributed by atoms with E-state index in [9.17, 15) is 22.0 Å². The van der Waals surface area contributed by atoms with Gasteiger partial charge in [-0.2, -0.15) is 8.78 Å². The quantitative estimate of drug-likeness (QED) is 0.863. The molecular weight excluding hydrogens is 336 g/mol. The fourth-order valence-corrected chi connectivity index (χ4v) is 2.51. The van der Waals surface area contributed by atoms with Crippen LogP contribution in [0.15, 0.2) is 59.5 Å². The van der Waals surface area contributed by atoms with Crippen molar-refractivity contribution in [1.82, 2.24) is 5.32 Å². The van der Waals surface area contributed by atoms with Crippen molar-refractivity contribution in [3.63, 3.8) is 0 Å². The van der Waals surface area contributed by atoms with Crippen LogP contribution in [0.2, 0.25) is 0 Å². The third kappa shape index (κ3) is 4.40. The van der Waals surface area contributed by atoms with E-state index < -0.39 is 26.4 Å². The van der Waals surface area contributed by atoms with Gasteiger partial charge in [-0.05, 0) is 36.4 Å². The molecule has 0 saturated heterocycles. The van der Waals surface area contributed by atoms with Crippen LogP contribution in [-0.2, 0) is 9.84 Å². The van der Waals surface area contributed by atoms with Crippen molar-refractivity contribution in [3.8, 4) is 11.8 Å². The van der Waals surface area contributed by atoms with E-state index in [1.807, 2.05) is 30.3 Å². The van der Waals surface area contributed by atoms with E-state index in [0.29, 0.717) is 0 Å². The normalized spacial score (nSPS) is 10.8. The third-order valence-electron chi connectivity index (χ3n) is 3.02. The van der Waals surface area contributed by atoms with Crippen LogP contribution in [0.25, 0.3) is 0 Å². The van der Waals surface area contributed by atoms with E-state index in [0.717, 1.165) is 17.7 Å². The Morgan fingerprint density at radius 3 is 2.25 bits per heavy atom. The Bertz CT molecular complexity index is 868. The van der Waals surface area contributed by atoms with Gasteiger partial charge in [-0.25, -0.2) is 8.42 Å². The third-order valence-corrected chi connectivity index (χ3v) is 4.42. The first-order chi connectivity index (χ1) is 11.4. The number of hydrogen-bond acceptors (Lipinski definition) is 3. The van der Waals surface area contributed by atoms with Crippen LogP contribution in [0.1, 0.15) is 15.9 Å². The molecule has 1 amide bonds. The zero-order chi connectivity index (χ0) is 17.6. The lowest BCUT2D eigenvalue weighted by molar-refractivity contribution is 0.0958. The lowest BCUT2D eigenvalue weighted by Crippen LogP contribution is -2.23. The van der Waals surface area contributed by atoms with Crippen LogP contribution < -0.4 is 5.32 Å². The van der Waals surface area contributed by atoms with E-state index in [1.54, 1.807) is 0 Å². The van der Waals surface area contributed by atoms with Crippen LogP contribution in [0.5, 0.6) is 0 Å². The maximum Gasteiger partial charge on any atom is 0.341 e. The van der Waals surface area contributed by atoms with Crippen LogP contribution >= 0.6 is 0 Å². The van der Waals surface area contributed by atoms with Crippen LogP contribution in [0, 0.1) is 11.8 Å². The number of halogens is 2. The summed E-state index contributed by atoms with van der Waals surface area (Å²) in [5.41, 5.74) is 0.970. The molecule has 0 fully saturated rings. The molecule has 24 heavy (non-hydrogen) atoms. The van der Waals surface area contributed by atoms with Gasteiger partial charge in [0.15, 0.2) is 0 Å². The Kier molecular flexibility index (Phi) is 5.66. The second-order valence-electron chi connectivity index (χ2n) is 4.68. The largest absolute Gasteiger partial charge is 0.341 e. The number of carbonyl (C=O) groups is 1. The molecule has 0 aromatic heterocycles. The topological polar surface area (TPSA) is 63.2 Å². The molecule has 124 valence electrons. The van der Waals surface area contributed by atoms with Crippen molar-refractivity contribution in [1.29, 1.82) is 0 Å². The molecule has 7 heteroatoms. The number of carbonyl (C=O) groups excluding carboxylic acids is 1. The minimum absolute atomic E-state index is 0.102. The molecule has 0 unspecified atom stereocenters. The summed E-state index contributed by atoms with van der Waals surface area (Å²) in [6, 6.07) is 13.5. The predicted molar refractivity (Wildman–Crippen MR) is 85.3 cm³/mol. The van der Waals surface area contributed by atoms with Crippen molar-refractivity contribution in [2.24, 2.45) is 0 Å². The summed E-state index contributed by atoms with van der Waals surface area (Å²) >= 11 is 0. The molecule has 0 aliphatic carbocycles. The molecule has 0 bridgehead atoms. The van der Waals surface area contributed by atoms with Gasteiger partial charge in [0.25, 0.3) is 5.91 Å². The van der Waals surface area contributed by atoms with Gasteiger partial charge < -0.3 is 5.32 Å². The van der Waals surface area contributed by atoms with Gasteiger partial charge in [-0.3, -0.25) is 4.79 Å². The van der Waals surface area contributed by atoms with Gasteiger partial charge in [0.1, 0.15) is 0 Å². The Morgan fingerprint density at radius 2 is 1.67 bits per heavy atom. The van der Waals surface area contributed by atoms with Crippen LogP contribution in [0.3, 0.4) is 0 Å². The molecule has 0 aliphatic rings. The summed E-state index contributed by atoms with van der Waals surface area (Å²) < 4.78 is 47.4. The van der Waals surface area contributed by atoms with Gasteiger partial charge >= 0.3 is 5.76 Å². The molecule has 0 saturated carbocycles. The molecule has 1 N–H and O–H groups in total. The highest BCUT2D eigenvalue weighted by Crippen LogP contribution is 2.18. The van der Waals surface area contributed by atoms with Gasteiger partial charge in [0.05, 0.1) is 11.4 Å². The summed E-state index contributed by atoms with van der Waals surface area (Å²) in [6.07, 6.45) is 0. The van der Waals surface area contributed by atoms with E-state index in [2.05, 4.69) is 17.2 Å². The van der Waals surface area contributed by atoms with Gasteiger partial charge in [0.2, 0.25) is 9.84 Å². The first-order valence-electron chi connectivity index (χ1n) is 6.85. The number of rotatable bonds is 4. The highest BCUT2D eigenvalue weighted by atomic mass is 32.2. The maximum atomic E-state index is 12.4. The minimum atomic E-state index is -4.66. The average Bonchev–Trinajstić information content (AvgIpc) is 2.59. The summed E-state index contributed by atoms with van der Waals surface area (Å²) in [5, 5.41) is 2.54. The van der Waals surface area contributed by atoms with Gasteiger partial charge in [-0.15, -0.1) is 0 Å². The molecule has 0 heterocycles. The van der Waals surface area contributed by atoms with Crippen molar-refractivity contribution >= 4 is 15.7 Å². The van der Waals surface area contributed by atoms with E-state index in [4.69, 9.17) is 0 Å². The second kappa shape index (κ2) is 7.70. The number of amides is 1. The Morgan fingerprint density at radius 1 is 1.04 bits per heavy atom. The average molecular weight is 349 g/mol. The van der Waals surface area contributed by atoms with E-state index in [-0.39, 0.29) is 12.1 Å². The molecule has 2 aromatic carbocycles. The summed E-state index contributed by atoms with van der Waals surface area (Å²) in [7, 11) is -4.66. The molecule has 0 aliphatic heterocycles. The number of hydrogen-bond donors (Lipinski definition) is 1. The highest BCUT2D eigenvalue weighted by molar-refractivity contribution is 7.91. The monoisotopic (exact) mass is 349 g/mol. The molecule has 4 nitrogen and oxygen atoms in total. The first kappa shape index (κ1) is 17.6. The number of nitrogens with one attached hydrogen (secondary N) is 1. The zero-order valence-corrected chi connectivity index (χ0v) is 13.2. The molecule has 0 radical (unpaired) electrons. The first-order valence-corrected chi connectivity index (χ1v) is 8.40. The van der Waals surface area contributed by atoms with Gasteiger partial charge in [-0.1, -0.05) is 30.0 Å². The van der Waals surface area contributed by atoms with E-state index in [1.165, 1.54) is 12.1 Å². The van der Waals surface area contributed by atoms with Crippen LogP contribution in [0.4, 0.5) is 8.78 Å². The molecule has 2 rings (SSSR count). The van der Waals surface area contributed by atoms with Crippen molar-refractivity contribution in [2.45, 2.75) is 10.7 Å². The minimum Gasteiger partial charge on any atom is -0.341 e. The summed E-state index contributed by atoms with van der Waals surface area (Å²) in [5.74, 6) is 1.67. The van der Waals surface area contributed by atoms with Gasteiger partial charge in [0, 0.05) is 11.1 Å². The van der Waals surface area contributed by atoms with Crippen molar-refractivity contribution in [3.05, 3.63) is 65.7 Å². The Balaban J connectivity index is 1.98. The predicted octanol–water partition coefficient (Wildman–Crippen LogP) is 2.46. The maximum absolute atomic E-state index is 12.4. The Labute approximate surface area is 138 Å². The van der Waals surface area contributed by atoms with E-state index >= 15 is 0 Å². The second-order valence-corrected chi connectivity index (χ2v) is 6.60. The van der Waals surface area contributed by atoms with Crippen LogP contribution in [-0.4, -0.2) is 26.6 Å². The lowest BCUT2D eigenvalue weighted by Gasteiger charge is -2.05. The molecule has 0 spiro atoms. The number of benzene rings is 2. The number of alkyl halides is 2. The van der Waals surface area contributed by atoms with Crippen molar-refractivity contribution < 1.29 is 22.0 Å². The Hall–Kier alpha value is -2.72.